The van der Waals surface area contributed by atoms with Crippen molar-refractivity contribution in [2.45, 2.75) is 6.92 Å². The van der Waals surface area contributed by atoms with Crippen molar-refractivity contribution in [1.82, 2.24) is 15.0 Å². The van der Waals surface area contributed by atoms with Crippen LogP contribution in [0.1, 0.15) is 5.82 Å². The molecule has 3 nitrogen and oxygen atoms in total. The maximum atomic E-state index is 4.29. The van der Waals surface area contributed by atoms with Gasteiger partial charge in [0.25, 0.3) is 0 Å². The van der Waals surface area contributed by atoms with Crippen molar-refractivity contribution in [2.75, 3.05) is 0 Å². The summed E-state index contributed by atoms with van der Waals surface area (Å²) in [5.41, 5.74) is 1.94. The largest absolute Gasteiger partial charge is 0.264 e. The smallest absolute Gasteiger partial charge is 0.125 e. The fourth-order valence-corrected chi connectivity index (χ4v) is 1.13. The van der Waals surface area contributed by atoms with Crippen molar-refractivity contribution >= 4 is 0 Å². The van der Waals surface area contributed by atoms with E-state index >= 15 is 0 Å². The van der Waals surface area contributed by atoms with E-state index in [1.165, 1.54) is 0 Å². The summed E-state index contributed by atoms with van der Waals surface area (Å²) in [5.74, 6) is 0.779. The molecule has 0 amide bonds. The van der Waals surface area contributed by atoms with Gasteiger partial charge in [0.15, 0.2) is 0 Å². The molecule has 3 heteroatoms. The second kappa shape index (κ2) is 3.31. The first-order chi connectivity index (χ1) is 6.36. The number of nitrogens with zero attached hydrogens (tertiary/aromatic N) is 3. The molecule has 0 saturated carbocycles. The summed E-state index contributed by atoms with van der Waals surface area (Å²) >= 11 is 0. The Morgan fingerprint density at radius 2 is 2.08 bits per heavy atom. The molecule has 0 spiro atoms. The maximum absolute atomic E-state index is 4.29. The second-order valence-corrected chi connectivity index (χ2v) is 2.73. The summed E-state index contributed by atoms with van der Waals surface area (Å²) in [6, 6.07) is 5.76. The lowest BCUT2D eigenvalue weighted by Crippen LogP contribution is -1.89. The van der Waals surface area contributed by atoms with E-state index < -0.39 is 0 Å². The van der Waals surface area contributed by atoms with E-state index in [1.54, 1.807) is 18.6 Å². The second-order valence-electron chi connectivity index (χ2n) is 2.73. The summed E-state index contributed by atoms with van der Waals surface area (Å²) in [5, 5.41) is 0. The zero-order chi connectivity index (χ0) is 9.10. The van der Waals surface area contributed by atoms with E-state index in [2.05, 4.69) is 15.0 Å². The van der Waals surface area contributed by atoms with Crippen LogP contribution in [0.25, 0.3) is 11.3 Å². The Bertz CT molecular complexity index is 398. The Morgan fingerprint density at radius 3 is 2.77 bits per heavy atom. The van der Waals surface area contributed by atoms with Gasteiger partial charge in [-0.05, 0) is 25.1 Å². The molecule has 0 aliphatic heterocycles. The van der Waals surface area contributed by atoms with Crippen molar-refractivity contribution in [3.05, 3.63) is 42.6 Å². The Morgan fingerprint density at radius 1 is 1.15 bits per heavy atom. The number of hydrogen-bond donors (Lipinski definition) is 0. The van der Waals surface area contributed by atoms with Crippen LogP contribution in [0.3, 0.4) is 0 Å². The van der Waals surface area contributed by atoms with Gasteiger partial charge in [-0.1, -0.05) is 0 Å². The topological polar surface area (TPSA) is 38.7 Å². The van der Waals surface area contributed by atoms with Crippen LogP contribution in [0.2, 0.25) is 0 Å². The predicted molar refractivity (Wildman–Crippen MR) is 50.0 cm³/mol. The molecule has 0 atom stereocenters. The van der Waals surface area contributed by atoms with Crippen LogP contribution in [0.4, 0.5) is 0 Å². The highest BCUT2D eigenvalue weighted by atomic mass is 14.9. The van der Waals surface area contributed by atoms with Gasteiger partial charge in [-0.25, -0.2) is 9.97 Å². The first kappa shape index (κ1) is 7.86. The summed E-state index contributed by atoms with van der Waals surface area (Å²) in [6.07, 6.45) is 5.30. The molecule has 0 N–H and O–H groups in total. The molecule has 13 heavy (non-hydrogen) atoms. The maximum Gasteiger partial charge on any atom is 0.125 e. The van der Waals surface area contributed by atoms with E-state index in [1.807, 2.05) is 25.1 Å². The molecule has 0 unspecified atom stereocenters. The Labute approximate surface area is 76.5 Å². The SMILES string of the molecule is Cc1nccc(-c2cccnc2)n1. The average Bonchev–Trinajstić information content (AvgIpc) is 2.19. The van der Waals surface area contributed by atoms with Crippen LogP contribution >= 0.6 is 0 Å². The first-order valence-electron chi connectivity index (χ1n) is 4.06. The molecule has 0 saturated heterocycles. The number of aromatic nitrogens is 3. The number of pyridine rings is 1. The van der Waals surface area contributed by atoms with E-state index in [9.17, 15) is 0 Å². The minimum Gasteiger partial charge on any atom is -0.264 e. The number of aryl methyl sites for hydroxylation is 1. The highest BCUT2D eigenvalue weighted by Crippen LogP contribution is 2.13. The fourth-order valence-electron chi connectivity index (χ4n) is 1.13. The lowest BCUT2D eigenvalue weighted by Gasteiger charge is -1.99. The quantitative estimate of drug-likeness (QED) is 0.657. The summed E-state index contributed by atoms with van der Waals surface area (Å²) < 4.78 is 0. The van der Waals surface area contributed by atoms with Crippen molar-refractivity contribution in [1.29, 1.82) is 0 Å². The van der Waals surface area contributed by atoms with E-state index in [4.69, 9.17) is 0 Å². The van der Waals surface area contributed by atoms with E-state index in [0.29, 0.717) is 0 Å². The molecule has 0 bridgehead atoms. The number of rotatable bonds is 1. The van der Waals surface area contributed by atoms with E-state index in [-0.39, 0.29) is 0 Å². The van der Waals surface area contributed by atoms with Gasteiger partial charge in [0, 0.05) is 24.2 Å². The molecule has 2 rings (SSSR count). The predicted octanol–water partition coefficient (Wildman–Crippen LogP) is 1.85. The van der Waals surface area contributed by atoms with Crippen molar-refractivity contribution in [2.24, 2.45) is 0 Å². The third-order valence-electron chi connectivity index (χ3n) is 1.73. The molecule has 64 valence electrons. The van der Waals surface area contributed by atoms with Gasteiger partial charge in [0.1, 0.15) is 5.82 Å². The normalized spacial score (nSPS) is 9.92. The molecular formula is C10H9N3. The fraction of sp³-hybridized carbons (Fsp3) is 0.100. The van der Waals surface area contributed by atoms with Gasteiger partial charge in [0.05, 0.1) is 5.69 Å². The lowest BCUT2D eigenvalue weighted by atomic mass is 10.2. The van der Waals surface area contributed by atoms with Crippen LogP contribution < -0.4 is 0 Å². The Balaban J connectivity index is 2.48. The zero-order valence-electron chi connectivity index (χ0n) is 7.31. The molecular weight excluding hydrogens is 162 g/mol. The Kier molecular flexibility index (Phi) is 2.00. The van der Waals surface area contributed by atoms with Crippen LogP contribution in [-0.2, 0) is 0 Å². The zero-order valence-corrected chi connectivity index (χ0v) is 7.31. The Hall–Kier alpha value is -1.77. The molecule has 2 heterocycles. The molecule has 2 aromatic heterocycles. The van der Waals surface area contributed by atoms with E-state index in [0.717, 1.165) is 17.1 Å². The molecule has 2 aromatic rings. The minimum absolute atomic E-state index is 0.779. The first-order valence-corrected chi connectivity index (χ1v) is 4.06. The molecule has 0 aliphatic rings. The molecule has 0 aromatic carbocycles. The summed E-state index contributed by atoms with van der Waals surface area (Å²) in [4.78, 5) is 12.4. The van der Waals surface area contributed by atoms with Crippen molar-refractivity contribution < 1.29 is 0 Å². The van der Waals surface area contributed by atoms with Gasteiger partial charge in [-0.3, -0.25) is 4.98 Å². The van der Waals surface area contributed by atoms with Crippen LogP contribution in [-0.4, -0.2) is 15.0 Å². The third kappa shape index (κ3) is 1.69. The van der Waals surface area contributed by atoms with Gasteiger partial charge in [-0.2, -0.15) is 0 Å². The van der Waals surface area contributed by atoms with Gasteiger partial charge in [-0.15, -0.1) is 0 Å². The minimum atomic E-state index is 0.779. The van der Waals surface area contributed by atoms with Crippen molar-refractivity contribution in [3.63, 3.8) is 0 Å². The highest BCUT2D eigenvalue weighted by molar-refractivity contribution is 5.56. The van der Waals surface area contributed by atoms with Crippen LogP contribution in [0, 0.1) is 6.92 Å². The lowest BCUT2D eigenvalue weighted by molar-refractivity contribution is 1.06. The molecule has 0 aliphatic carbocycles. The third-order valence-corrected chi connectivity index (χ3v) is 1.73. The summed E-state index contributed by atoms with van der Waals surface area (Å²) in [7, 11) is 0. The molecule has 0 radical (unpaired) electrons. The standard InChI is InChI=1S/C10H9N3/c1-8-12-6-4-10(13-8)9-3-2-5-11-7-9/h2-7H,1H3. The summed E-state index contributed by atoms with van der Waals surface area (Å²) in [6.45, 7) is 1.87. The molecule has 0 fully saturated rings. The van der Waals surface area contributed by atoms with Gasteiger partial charge in [0.2, 0.25) is 0 Å². The number of hydrogen-bond acceptors (Lipinski definition) is 3. The monoisotopic (exact) mass is 171 g/mol. The highest BCUT2D eigenvalue weighted by Gasteiger charge is 1.97. The van der Waals surface area contributed by atoms with Crippen molar-refractivity contribution in [3.8, 4) is 11.3 Å². The van der Waals surface area contributed by atoms with Gasteiger partial charge < -0.3 is 0 Å². The van der Waals surface area contributed by atoms with Gasteiger partial charge >= 0.3 is 0 Å². The van der Waals surface area contributed by atoms with Crippen LogP contribution in [0.5, 0.6) is 0 Å². The average molecular weight is 171 g/mol. The van der Waals surface area contributed by atoms with Crippen LogP contribution in [0.15, 0.2) is 36.8 Å².